The molecule has 0 aliphatic heterocycles. The molecule has 1 heterocycles. The number of aromatic nitrogens is 1. The summed E-state index contributed by atoms with van der Waals surface area (Å²) in [6.45, 7) is 6.79. The summed E-state index contributed by atoms with van der Waals surface area (Å²) in [4.78, 5) is 3.21. The number of unbranched alkanes of at least 4 members (excludes halogenated alkanes) is 1. The largest absolute Gasteiger partial charge is 0.367 e. The van der Waals surface area contributed by atoms with Gasteiger partial charge in [0, 0.05) is 12.4 Å². The van der Waals surface area contributed by atoms with Gasteiger partial charge in [-0.25, -0.2) is 0 Å². The zero-order valence-electron chi connectivity index (χ0n) is 9.06. The number of H-pyrrole nitrogens is 1. The van der Waals surface area contributed by atoms with E-state index in [9.17, 15) is 0 Å². The summed E-state index contributed by atoms with van der Waals surface area (Å²) < 4.78 is 0. The van der Waals surface area contributed by atoms with Gasteiger partial charge in [-0.2, -0.15) is 0 Å². The molecule has 1 nitrogen and oxygen atoms in total. The van der Waals surface area contributed by atoms with Gasteiger partial charge >= 0.3 is 0 Å². The number of rotatable bonds is 5. The highest BCUT2D eigenvalue weighted by molar-refractivity contribution is 5.23. The van der Waals surface area contributed by atoms with Crippen LogP contribution in [0.5, 0.6) is 0 Å². The molecule has 0 radical (unpaired) electrons. The first-order valence-electron chi connectivity index (χ1n) is 5.38. The van der Waals surface area contributed by atoms with Crippen molar-refractivity contribution in [3.8, 4) is 0 Å². The van der Waals surface area contributed by atoms with E-state index in [-0.39, 0.29) is 0 Å². The molecule has 1 aromatic heterocycles. The van der Waals surface area contributed by atoms with Crippen LogP contribution in [-0.4, -0.2) is 4.98 Å². The van der Waals surface area contributed by atoms with Crippen molar-refractivity contribution in [1.29, 1.82) is 0 Å². The first-order chi connectivity index (χ1) is 6.24. The number of hydrogen-bond acceptors (Lipinski definition) is 0. The lowest BCUT2D eigenvalue weighted by molar-refractivity contribution is 0.641. The Bertz CT molecular complexity index is 235. The Morgan fingerprint density at radius 2 is 1.92 bits per heavy atom. The molecule has 0 saturated carbocycles. The van der Waals surface area contributed by atoms with Gasteiger partial charge in [-0.1, -0.05) is 27.2 Å². The lowest BCUT2D eigenvalue weighted by Crippen LogP contribution is -1.96. The van der Waals surface area contributed by atoms with Crippen molar-refractivity contribution in [3.05, 3.63) is 23.5 Å². The lowest BCUT2D eigenvalue weighted by Gasteiger charge is -2.05. The van der Waals surface area contributed by atoms with Gasteiger partial charge in [0.05, 0.1) is 0 Å². The molecule has 74 valence electrons. The molecule has 0 bridgehead atoms. The lowest BCUT2D eigenvalue weighted by atomic mass is 9.99. The van der Waals surface area contributed by atoms with Gasteiger partial charge in [0.1, 0.15) is 0 Å². The first-order valence-corrected chi connectivity index (χ1v) is 5.38. The average Bonchev–Trinajstić information content (AvgIpc) is 2.48. The van der Waals surface area contributed by atoms with Crippen molar-refractivity contribution >= 4 is 0 Å². The van der Waals surface area contributed by atoms with Gasteiger partial charge in [-0.3, -0.25) is 0 Å². The maximum absolute atomic E-state index is 3.21. The Balaban J connectivity index is 2.55. The maximum Gasteiger partial charge on any atom is 0.00403 e. The minimum absolute atomic E-state index is 0.760. The van der Waals surface area contributed by atoms with Crippen LogP contribution in [0.2, 0.25) is 0 Å². The Morgan fingerprint density at radius 3 is 2.54 bits per heavy atom. The maximum atomic E-state index is 3.21. The van der Waals surface area contributed by atoms with Crippen LogP contribution in [0.3, 0.4) is 0 Å². The first kappa shape index (κ1) is 10.4. The van der Waals surface area contributed by atoms with Gasteiger partial charge in [0.2, 0.25) is 0 Å². The molecule has 1 rings (SSSR count). The van der Waals surface area contributed by atoms with E-state index in [1.54, 1.807) is 0 Å². The van der Waals surface area contributed by atoms with Crippen LogP contribution in [0, 0.1) is 5.92 Å². The van der Waals surface area contributed by atoms with Crippen LogP contribution in [0.15, 0.2) is 12.4 Å². The summed E-state index contributed by atoms with van der Waals surface area (Å²) >= 11 is 0. The SMILES string of the molecule is CCCCc1c[nH]cc1CC(C)C. The molecule has 0 aromatic carbocycles. The highest BCUT2D eigenvalue weighted by atomic mass is 14.6. The summed E-state index contributed by atoms with van der Waals surface area (Å²) in [5.74, 6) is 0.760. The summed E-state index contributed by atoms with van der Waals surface area (Å²) in [5, 5.41) is 0. The molecule has 0 aliphatic rings. The average molecular weight is 179 g/mol. The third-order valence-corrected chi connectivity index (χ3v) is 2.36. The van der Waals surface area contributed by atoms with Gasteiger partial charge in [0.25, 0.3) is 0 Å². The third kappa shape index (κ3) is 3.25. The van der Waals surface area contributed by atoms with Gasteiger partial charge in [-0.15, -0.1) is 0 Å². The van der Waals surface area contributed by atoms with E-state index < -0.39 is 0 Å². The summed E-state index contributed by atoms with van der Waals surface area (Å²) in [6, 6.07) is 0. The Hall–Kier alpha value is -0.720. The molecule has 0 saturated heterocycles. The third-order valence-electron chi connectivity index (χ3n) is 2.36. The van der Waals surface area contributed by atoms with Crippen molar-refractivity contribution in [2.45, 2.75) is 46.5 Å². The van der Waals surface area contributed by atoms with E-state index in [0.29, 0.717) is 0 Å². The molecule has 0 fully saturated rings. The zero-order valence-corrected chi connectivity index (χ0v) is 9.06. The van der Waals surface area contributed by atoms with Crippen LogP contribution in [0.4, 0.5) is 0 Å². The van der Waals surface area contributed by atoms with Crippen LogP contribution < -0.4 is 0 Å². The van der Waals surface area contributed by atoms with Crippen LogP contribution in [0.1, 0.15) is 44.7 Å². The molecule has 1 heteroatoms. The Labute approximate surface area is 81.6 Å². The van der Waals surface area contributed by atoms with E-state index >= 15 is 0 Å². The molecular formula is C12H21N. The van der Waals surface area contributed by atoms with E-state index in [0.717, 1.165) is 5.92 Å². The fourth-order valence-corrected chi connectivity index (χ4v) is 1.66. The second-order valence-electron chi connectivity index (χ2n) is 4.21. The molecule has 0 unspecified atom stereocenters. The molecule has 1 N–H and O–H groups in total. The minimum atomic E-state index is 0.760. The normalized spacial score (nSPS) is 11.1. The zero-order chi connectivity index (χ0) is 9.68. The standard InChI is InChI=1S/C12H21N/c1-4-5-6-11-8-13-9-12(11)7-10(2)3/h8-10,13H,4-7H2,1-3H3. The van der Waals surface area contributed by atoms with E-state index in [4.69, 9.17) is 0 Å². The fraction of sp³-hybridized carbons (Fsp3) is 0.667. The van der Waals surface area contributed by atoms with Crippen molar-refractivity contribution in [3.63, 3.8) is 0 Å². The summed E-state index contributed by atoms with van der Waals surface area (Å²) in [6.07, 6.45) is 9.36. The second-order valence-corrected chi connectivity index (χ2v) is 4.21. The highest BCUT2D eigenvalue weighted by Crippen LogP contribution is 2.15. The molecule has 13 heavy (non-hydrogen) atoms. The fourth-order valence-electron chi connectivity index (χ4n) is 1.66. The van der Waals surface area contributed by atoms with Crippen LogP contribution in [0.25, 0.3) is 0 Å². The second kappa shape index (κ2) is 5.11. The van der Waals surface area contributed by atoms with E-state index in [2.05, 4.69) is 38.1 Å². The van der Waals surface area contributed by atoms with Crippen LogP contribution in [-0.2, 0) is 12.8 Å². The predicted molar refractivity (Wildman–Crippen MR) is 57.9 cm³/mol. The van der Waals surface area contributed by atoms with Gasteiger partial charge in [0.15, 0.2) is 0 Å². The molecule has 0 atom stereocenters. The molecular weight excluding hydrogens is 158 g/mol. The van der Waals surface area contributed by atoms with E-state index in [1.165, 1.54) is 36.8 Å². The number of aromatic amines is 1. The molecule has 1 aromatic rings. The smallest absolute Gasteiger partial charge is 0.00403 e. The van der Waals surface area contributed by atoms with Crippen molar-refractivity contribution in [2.24, 2.45) is 5.92 Å². The van der Waals surface area contributed by atoms with Crippen molar-refractivity contribution in [1.82, 2.24) is 4.98 Å². The summed E-state index contributed by atoms with van der Waals surface area (Å²) in [5.41, 5.74) is 3.04. The van der Waals surface area contributed by atoms with Crippen molar-refractivity contribution < 1.29 is 0 Å². The quantitative estimate of drug-likeness (QED) is 0.711. The van der Waals surface area contributed by atoms with Crippen molar-refractivity contribution in [2.75, 3.05) is 0 Å². The number of aryl methyl sites for hydroxylation is 1. The Morgan fingerprint density at radius 1 is 1.23 bits per heavy atom. The topological polar surface area (TPSA) is 15.8 Å². The monoisotopic (exact) mass is 179 g/mol. The van der Waals surface area contributed by atoms with Gasteiger partial charge in [-0.05, 0) is 36.3 Å². The number of hydrogen-bond donors (Lipinski definition) is 1. The van der Waals surface area contributed by atoms with Gasteiger partial charge < -0.3 is 4.98 Å². The van der Waals surface area contributed by atoms with Crippen LogP contribution >= 0.6 is 0 Å². The predicted octanol–water partition coefficient (Wildman–Crippen LogP) is 3.56. The Kier molecular flexibility index (Phi) is 4.07. The summed E-state index contributed by atoms with van der Waals surface area (Å²) in [7, 11) is 0. The van der Waals surface area contributed by atoms with E-state index in [1.807, 2.05) is 0 Å². The minimum Gasteiger partial charge on any atom is -0.367 e. The molecule has 0 amide bonds. The molecule has 0 spiro atoms. The molecule has 0 aliphatic carbocycles. The highest BCUT2D eigenvalue weighted by Gasteiger charge is 2.04. The number of nitrogens with one attached hydrogen (secondary N) is 1.